The molecular formula is C19H20ClN7O2. The smallest absolute Gasteiger partial charge is 0.287 e. The third-order valence-electron chi connectivity index (χ3n) is 6.10. The molecule has 0 radical (unpaired) electrons. The largest absolute Gasteiger partial charge is 0.368 e. The quantitative estimate of drug-likeness (QED) is 0.711. The van der Waals surface area contributed by atoms with Crippen LogP contribution >= 0.6 is 11.8 Å². The van der Waals surface area contributed by atoms with Crippen LogP contribution in [-0.4, -0.2) is 45.9 Å². The van der Waals surface area contributed by atoms with E-state index >= 15 is 0 Å². The molecule has 2 aromatic rings. The Bertz CT molecular complexity index is 1030. The minimum absolute atomic E-state index is 0.399. The van der Waals surface area contributed by atoms with Crippen LogP contribution in [0.5, 0.6) is 0 Å². The highest BCUT2D eigenvalue weighted by atomic mass is 35.5. The molecule has 0 bridgehead atoms. The van der Waals surface area contributed by atoms with Gasteiger partial charge < -0.3 is 14.2 Å². The van der Waals surface area contributed by atoms with Crippen LogP contribution in [0.4, 0.5) is 11.6 Å². The molecule has 1 aliphatic carbocycles. The molecule has 0 unspecified atom stereocenters. The van der Waals surface area contributed by atoms with E-state index in [-0.39, 0.29) is 0 Å². The Labute approximate surface area is 172 Å². The molecule has 3 aliphatic heterocycles. The molecular weight excluding hydrogens is 394 g/mol. The van der Waals surface area contributed by atoms with E-state index in [9.17, 15) is 0 Å². The summed E-state index contributed by atoms with van der Waals surface area (Å²) in [6, 6.07) is 8.18. The third kappa shape index (κ3) is 2.34. The van der Waals surface area contributed by atoms with Crippen molar-refractivity contribution in [1.82, 2.24) is 19.6 Å². The van der Waals surface area contributed by atoms with Crippen LogP contribution in [0.3, 0.4) is 0 Å². The van der Waals surface area contributed by atoms with Gasteiger partial charge in [-0.3, -0.25) is 4.42 Å². The van der Waals surface area contributed by atoms with Crippen molar-refractivity contribution >= 4 is 29.2 Å². The minimum Gasteiger partial charge on any atom is -0.368 e. The molecule has 1 fully saturated rings. The summed E-state index contributed by atoms with van der Waals surface area (Å²) in [4.78, 5) is 11.6. The molecule has 150 valence electrons. The summed E-state index contributed by atoms with van der Waals surface area (Å²) < 4.78 is 13.1. The Kier molecular flexibility index (Phi) is 3.60. The van der Waals surface area contributed by atoms with E-state index in [1.807, 2.05) is 28.4 Å². The highest BCUT2D eigenvalue weighted by Gasteiger charge is 2.45. The van der Waals surface area contributed by atoms with Crippen molar-refractivity contribution in [3.05, 3.63) is 47.7 Å². The number of hydrazine groups is 1. The number of para-hydroxylation sites is 1. The second kappa shape index (κ2) is 6.11. The number of fused-ring (bicyclic) bond motifs is 6. The Hall–Kier alpha value is -2.78. The van der Waals surface area contributed by atoms with Gasteiger partial charge in [-0.1, -0.05) is 12.1 Å². The van der Waals surface area contributed by atoms with Gasteiger partial charge >= 0.3 is 0 Å². The van der Waals surface area contributed by atoms with Gasteiger partial charge in [0.15, 0.2) is 11.7 Å². The maximum absolute atomic E-state index is 6.33. The fourth-order valence-electron chi connectivity index (χ4n) is 4.63. The number of aliphatic imine (C=N–C) groups is 1. The molecule has 10 heteroatoms. The van der Waals surface area contributed by atoms with Gasteiger partial charge in [0.25, 0.3) is 11.8 Å². The summed E-state index contributed by atoms with van der Waals surface area (Å²) in [6.45, 7) is 0.950. The van der Waals surface area contributed by atoms with Gasteiger partial charge in [0, 0.05) is 24.4 Å². The van der Waals surface area contributed by atoms with Crippen molar-refractivity contribution in [3.8, 4) is 0 Å². The molecule has 0 N–H and O–H groups in total. The first-order valence-electron chi connectivity index (χ1n) is 9.73. The average molecular weight is 414 g/mol. The molecule has 0 spiro atoms. The van der Waals surface area contributed by atoms with Crippen molar-refractivity contribution in [1.29, 1.82) is 0 Å². The van der Waals surface area contributed by atoms with E-state index in [0.717, 1.165) is 48.6 Å². The van der Waals surface area contributed by atoms with Crippen LogP contribution in [0.2, 0.25) is 0 Å². The van der Waals surface area contributed by atoms with Crippen LogP contribution in [0.15, 0.2) is 45.8 Å². The SMILES string of the molecule is COC1(c2nc(N3CN=C4c5ccccc5N5CN(Cl)C=C5N43)no2)CCCC1. The van der Waals surface area contributed by atoms with Crippen LogP contribution in [0.25, 0.3) is 0 Å². The summed E-state index contributed by atoms with van der Waals surface area (Å²) in [5.41, 5.74) is 1.65. The first-order chi connectivity index (χ1) is 14.2. The summed E-state index contributed by atoms with van der Waals surface area (Å²) in [7, 11) is 1.71. The molecule has 4 heterocycles. The Morgan fingerprint density at radius 3 is 2.86 bits per heavy atom. The maximum atomic E-state index is 6.33. The van der Waals surface area contributed by atoms with Gasteiger partial charge in [-0.15, -0.1) is 0 Å². The van der Waals surface area contributed by atoms with Crippen molar-refractivity contribution in [2.45, 2.75) is 31.3 Å². The number of aromatic nitrogens is 2. The predicted molar refractivity (Wildman–Crippen MR) is 107 cm³/mol. The van der Waals surface area contributed by atoms with Gasteiger partial charge in [0.1, 0.15) is 18.9 Å². The van der Waals surface area contributed by atoms with E-state index in [1.54, 1.807) is 11.5 Å². The van der Waals surface area contributed by atoms with Crippen molar-refractivity contribution in [2.75, 3.05) is 30.4 Å². The number of rotatable bonds is 3. The van der Waals surface area contributed by atoms with Gasteiger partial charge in [-0.2, -0.15) is 4.98 Å². The number of hydrogen-bond acceptors (Lipinski definition) is 9. The van der Waals surface area contributed by atoms with Crippen LogP contribution < -0.4 is 9.91 Å². The Morgan fingerprint density at radius 1 is 1.21 bits per heavy atom. The number of halogens is 1. The number of methoxy groups -OCH3 is 1. The molecule has 1 saturated carbocycles. The van der Waals surface area contributed by atoms with E-state index < -0.39 is 5.60 Å². The van der Waals surface area contributed by atoms with Gasteiger partial charge in [0.2, 0.25) is 0 Å². The number of anilines is 2. The lowest BCUT2D eigenvalue weighted by Gasteiger charge is -2.39. The lowest BCUT2D eigenvalue weighted by atomic mass is 10.0. The standard InChI is InChI=1S/C19H20ClN7O2/c1-28-19(8-4-5-9-19)17-22-18(23-29-17)26-11-21-16-13-6-2-3-7-14(13)25-12-24(20)10-15(25)27(16)26/h2-3,6-7,10H,4-5,8-9,11-12H2,1H3. The summed E-state index contributed by atoms with van der Waals surface area (Å²) >= 11 is 6.33. The second-order valence-corrected chi connectivity index (χ2v) is 8.05. The zero-order valence-electron chi connectivity index (χ0n) is 16.0. The van der Waals surface area contributed by atoms with Crippen LogP contribution in [0.1, 0.15) is 37.1 Å². The molecule has 4 aliphatic rings. The fourth-order valence-corrected chi connectivity index (χ4v) is 4.82. The fraction of sp³-hybridized carbons (Fsp3) is 0.421. The summed E-state index contributed by atoms with van der Waals surface area (Å²) in [5, 5.41) is 8.18. The first-order valence-corrected chi connectivity index (χ1v) is 10.1. The summed E-state index contributed by atoms with van der Waals surface area (Å²) in [5.74, 6) is 2.76. The average Bonchev–Trinajstić information content (AvgIpc) is 3.51. The first kappa shape index (κ1) is 17.1. The van der Waals surface area contributed by atoms with E-state index in [0.29, 0.717) is 25.2 Å². The predicted octanol–water partition coefficient (Wildman–Crippen LogP) is 2.97. The number of benzene rings is 1. The molecule has 1 aromatic carbocycles. The van der Waals surface area contributed by atoms with E-state index in [4.69, 9.17) is 31.0 Å². The lowest BCUT2D eigenvalue weighted by Crippen LogP contribution is -2.49. The Morgan fingerprint density at radius 2 is 2.03 bits per heavy atom. The maximum Gasteiger partial charge on any atom is 0.287 e. The van der Waals surface area contributed by atoms with Gasteiger partial charge in [-0.25, -0.2) is 15.0 Å². The zero-order valence-corrected chi connectivity index (χ0v) is 16.7. The molecule has 29 heavy (non-hydrogen) atoms. The van der Waals surface area contributed by atoms with Crippen LogP contribution in [-0.2, 0) is 10.3 Å². The monoisotopic (exact) mass is 413 g/mol. The highest BCUT2D eigenvalue weighted by molar-refractivity contribution is 6.15. The molecule has 0 amide bonds. The van der Waals surface area contributed by atoms with Gasteiger partial charge in [-0.05, 0) is 43.0 Å². The molecule has 6 rings (SSSR count). The summed E-state index contributed by atoms with van der Waals surface area (Å²) in [6.07, 6.45) is 5.87. The van der Waals surface area contributed by atoms with Crippen molar-refractivity contribution < 1.29 is 9.26 Å². The van der Waals surface area contributed by atoms with E-state index in [2.05, 4.69) is 22.2 Å². The van der Waals surface area contributed by atoms with Gasteiger partial charge in [0.05, 0.1) is 11.9 Å². The molecule has 9 nitrogen and oxygen atoms in total. The van der Waals surface area contributed by atoms with E-state index in [1.165, 1.54) is 0 Å². The molecule has 1 aromatic heterocycles. The topological polar surface area (TPSA) is 73.5 Å². The molecule has 0 atom stereocenters. The number of amidine groups is 1. The van der Waals surface area contributed by atoms with Crippen molar-refractivity contribution in [3.63, 3.8) is 0 Å². The highest BCUT2D eigenvalue weighted by Crippen LogP contribution is 2.43. The number of ether oxygens (including phenoxy) is 1. The third-order valence-corrected chi connectivity index (χ3v) is 6.30. The second-order valence-electron chi connectivity index (χ2n) is 7.61. The van der Waals surface area contributed by atoms with Crippen molar-refractivity contribution in [2.24, 2.45) is 4.99 Å². The number of nitrogens with zero attached hydrogens (tertiary/aromatic N) is 7. The number of hydrogen-bond donors (Lipinski definition) is 0. The minimum atomic E-state index is -0.477. The zero-order chi connectivity index (χ0) is 19.6. The lowest BCUT2D eigenvalue weighted by molar-refractivity contribution is -0.0342. The Balaban J connectivity index is 1.40. The van der Waals surface area contributed by atoms with Crippen LogP contribution in [0, 0.1) is 0 Å². The molecule has 0 saturated heterocycles. The normalized spacial score (nSPS) is 21.9.